The molecule has 1 saturated heterocycles. The average molecular weight is 340 g/mol. The Morgan fingerprint density at radius 2 is 1.78 bits per heavy atom. The fourth-order valence-electron chi connectivity index (χ4n) is 2.78. The molecule has 3 rings (SSSR count). The standard InChI is InChI=1S/C15H20N2O5S/c1-12(18)16-5-2-6-17(8-7-16)23(19,20)13-3-4-14-15(11-13)22-10-9-21-14/h3-4,11H,2,5-10H2,1H3. The van der Waals surface area contributed by atoms with Crippen LogP contribution in [0.25, 0.3) is 0 Å². The second-order valence-corrected chi connectivity index (χ2v) is 7.51. The van der Waals surface area contributed by atoms with Gasteiger partial charge in [0.1, 0.15) is 13.2 Å². The van der Waals surface area contributed by atoms with Crippen LogP contribution in [0.1, 0.15) is 13.3 Å². The predicted molar refractivity (Wildman–Crippen MR) is 83.1 cm³/mol. The van der Waals surface area contributed by atoms with Crippen LogP contribution in [-0.2, 0) is 14.8 Å². The zero-order valence-corrected chi connectivity index (χ0v) is 13.8. The lowest BCUT2D eigenvalue weighted by Crippen LogP contribution is -2.36. The molecular formula is C15H20N2O5S. The molecule has 126 valence electrons. The molecule has 8 heteroatoms. The van der Waals surface area contributed by atoms with Crippen molar-refractivity contribution in [3.63, 3.8) is 0 Å². The first-order chi connectivity index (χ1) is 11.0. The number of hydrogen-bond donors (Lipinski definition) is 0. The van der Waals surface area contributed by atoms with Gasteiger partial charge in [-0.15, -0.1) is 0 Å². The van der Waals surface area contributed by atoms with Crippen molar-refractivity contribution in [3.8, 4) is 11.5 Å². The molecule has 2 aliphatic rings. The fraction of sp³-hybridized carbons (Fsp3) is 0.533. The van der Waals surface area contributed by atoms with E-state index >= 15 is 0 Å². The number of amides is 1. The van der Waals surface area contributed by atoms with Gasteiger partial charge in [0, 0.05) is 39.2 Å². The first kappa shape index (κ1) is 16.1. The Hall–Kier alpha value is -1.80. The van der Waals surface area contributed by atoms with E-state index in [4.69, 9.17) is 9.47 Å². The van der Waals surface area contributed by atoms with E-state index in [9.17, 15) is 13.2 Å². The fourth-order valence-corrected chi connectivity index (χ4v) is 4.27. The van der Waals surface area contributed by atoms with Gasteiger partial charge in [0.05, 0.1) is 4.90 Å². The molecule has 0 radical (unpaired) electrons. The molecule has 1 fully saturated rings. The molecule has 1 amide bonds. The first-order valence-electron chi connectivity index (χ1n) is 7.64. The summed E-state index contributed by atoms with van der Waals surface area (Å²) in [5.74, 6) is 0.995. The van der Waals surface area contributed by atoms with Crippen LogP contribution in [-0.4, -0.2) is 62.9 Å². The largest absolute Gasteiger partial charge is 0.486 e. The van der Waals surface area contributed by atoms with Crippen molar-refractivity contribution in [2.24, 2.45) is 0 Å². The lowest BCUT2D eigenvalue weighted by Gasteiger charge is -2.23. The van der Waals surface area contributed by atoms with Crippen molar-refractivity contribution in [1.29, 1.82) is 0 Å². The van der Waals surface area contributed by atoms with E-state index < -0.39 is 10.0 Å². The Kier molecular flexibility index (Phi) is 4.45. The molecule has 0 spiro atoms. The molecule has 1 aromatic rings. The molecule has 0 N–H and O–H groups in total. The molecule has 0 saturated carbocycles. The van der Waals surface area contributed by atoms with E-state index in [1.54, 1.807) is 11.0 Å². The summed E-state index contributed by atoms with van der Waals surface area (Å²) in [5.41, 5.74) is 0. The van der Waals surface area contributed by atoms with Crippen LogP contribution in [0.3, 0.4) is 0 Å². The summed E-state index contributed by atoms with van der Waals surface area (Å²) in [6.45, 7) is 4.09. The maximum absolute atomic E-state index is 12.8. The van der Waals surface area contributed by atoms with E-state index in [0.717, 1.165) is 0 Å². The topological polar surface area (TPSA) is 76.2 Å². The highest BCUT2D eigenvalue weighted by atomic mass is 32.2. The van der Waals surface area contributed by atoms with Gasteiger partial charge in [-0.2, -0.15) is 4.31 Å². The molecule has 2 heterocycles. The smallest absolute Gasteiger partial charge is 0.243 e. The minimum atomic E-state index is -3.61. The number of rotatable bonds is 2. The van der Waals surface area contributed by atoms with E-state index in [1.165, 1.54) is 23.4 Å². The highest BCUT2D eigenvalue weighted by Gasteiger charge is 2.28. The summed E-state index contributed by atoms with van der Waals surface area (Å²) >= 11 is 0. The molecule has 0 aliphatic carbocycles. The highest BCUT2D eigenvalue weighted by molar-refractivity contribution is 7.89. The van der Waals surface area contributed by atoms with E-state index in [0.29, 0.717) is 57.3 Å². The van der Waals surface area contributed by atoms with E-state index in [-0.39, 0.29) is 10.8 Å². The second-order valence-electron chi connectivity index (χ2n) is 5.57. The number of fused-ring (bicyclic) bond motifs is 1. The molecule has 0 atom stereocenters. The molecule has 2 aliphatic heterocycles. The number of benzene rings is 1. The van der Waals surface area contributed by atoms with Crippen molar-refractivity contribution in [2.75, 3.05) is 39.4 Å². The summed E-state index contributed by atoms with van der Waals surface area (Å²) in [4.78, 5) is 13.3. The zero-order chi connectivity index (χ0) is 16.4. The van der Waals surface area contributed by atoms with Gasteiger partial charge in [-0.25, -0.2) is 8.42 Å². The minimum Gasteiger partial charge on any atom is -0.486 e. The Morgan fingerprint density at radius 3 is 2.52 bits per heavy atom. The maximum Gasteiger partial charge on any atom is 0.243 e. The first-order valence-corrected chi connectivity index (χ1v) is 9.08. The summed E-state index contributed by atoms with van der Waals surface area (Å²) in [5, 5.41) is 0. The maximum atomic E-state index is 12.8. The SMILES string of the molecule is CC(=O)N1CCCN(S(=O)(=O)c2ccc3c(c2)OCCO3)CC1. The zero-order valence-electron chi connectivity index (χ0n) is 13.0. The van der Waals surface area contributed by atoms with Gasteiger partial charge in [-0.1, -0.05) is 0 Å². The van der Waals surface area contributed by atoms with Gasteiger partial charge >= 0.3 is 0 Å². The van der Waals surface area contributed by atoms with Crippen LogP contribution in [0.4, 0.5) is 0 Å². The Morgan fingerprint density at radius 1 is 1.04 bits per heavy atom. The van der Waals surface area contributed by atoms with Crippen molar-refractivity contribution in [1.82, 2.24) is 9.21 Å². The van der Waals surface area contributed by atoms with Crippen molar-refractivity contribution in [3.05, 3.63) is 18.2 Å². The van der Waals surface area contributed by atoms with Crippen molar-refractivity contribution in [2.45, 2.75) is 18.2 Å². The molecule has 0 unspecified atom stereocenters. The molecule has 7 nitrogen and oxygen atoms in total. The quantitative estimate of drug-likeness (QED) is 0.792. The van der Waals surface area contributed by atoms with Crippen molar-refractivity contribution >= 4 is 15.9 Å². The van der Waals surface area contributed by atoms with Crippen LogP contribution in [0.5, 0.6) is 11.5 Å². The number of hydrogen-bond acceptors (Lipinski definition) is 5. The third-order valence-corrected chi connectivity index (χ3v) is 5.95. The summed E-state index contributed by atoms with van der Waals surface area (Å²) in [6, 6.07) is 4.68. The summed E-state index contributed by atoms with van der Waals surface area (Å²) in [6.07, 6.45) is 0.628. The normalized spacial score (nSPS) is 19.3. The Labute approximate surface area is 135 Å². The van der Waals surface area contributed by atoms with E-state index in [2.05, 4.69) is 0 Å². The van der Waals surface area contributed by atoms with Gasteiger partial charge in [-0.05, 0) is 18.6 Å². The monoisotopic (exact) mass is 340 g/mol. The van der Waals surface area contributed by atoms with Gasteiger partial charge in [-0.3, -0.25) is 4.79 Å². The molecule has 23 heavy (non-hydrogen) atoms. The van der Waals surface area contributed by atoms with Crippen LogP contribution >= 0.6 is 0 Å². The molecular weight excluding hydrogens is 320 g/mol. The van der Waals surface area contributed by atoms with Gasteiger partial charge in [0.25, 0.3) is 0 Å². The number of carbonyl (C=O) groups is 1. The molecule has 1 aromatic carbocycles. The van der Waals surface area contributed by atoms with Crippen LogP contribution in [0.2, 0.25) is 0 Å². The summed E-state index contributed by atoms with van der Waals surface area (Å²) < 4.78 is 38.0. The number of sulfonamides is 1. The molecule has 0 aromatic heterocycles. The number of ether oxygens (including phenoxy) is 2. The Bertz CT molecular complexity index is 704. The third-order valence-electron chi connectivity index (χ3n) is 4.05. The minimum absolute atomic E-state index is 0.0245. The lowest BCUT2D eigenvalue weighted by atomic mass is 10.3. The molecule has 0 bridgehead atoms. The highest BCUT2D eigenvalue weighted by Crippen LogP contribution is 2.33. The van der Waals surface area contributed by atoms with Crippen LogP contribution < -0.4 is 9.47 Å². The number of nitrogens with zero attached hydrogens (tertiary/aromatic N) is 2. The van der Waals surface area contributed by atoms with Crippen LogP contribution in [0, 0.1) is 0 Å². The van der Waals surface area contributed by atoms with E-state index in [1.807, 2.05) is 0 Å². The lowest BCUT2D eigenvalue weighted by molar-refractivity contribution is -0.128. The van der Waals surface area contributed by atoms with Crippen molar-refractivity contribution < 1.29 is 22.7 Å². The predicted octanol–water partition coefficient (Wildman–Crippen LogP) is 0.701. The summed E-state index contributed by atoms with van der Waals surface area (Å²) in [7, 11) is -3.61. The van der Waals surface area contributed by atoms with Gasteiger partial charge < -0.3 is 14.4 Å². The van der Waals surface area contributed by atoms with Gasteiger partial charge in [0.15, 0.2) is 11.5 Å². The van der Waals surface area contributed by atoms with Crippen LogP contribution in [0.15, 0.2) is 23.1 Å². The average Bonchev–Trinajstić information content (AvgIpc) is 2.81. The third kappa shape index (κ3) is 3.28. The van der Waals surface area contributed by atoms with Gasteiger partial charge in [0.2, 0.25) is 15.9 Å². The Balaban J connectivity index is 1.82. The second kappa shape index (κ2) is 6.37. The number of carbonyl (C=O) groups excluding carboxylic acids is 1.